The first-order valence-electron chi connectivity index (χ1n) is 10.3. The van der Waals surface area contributed by atoms with E-state index in [2.05, 4.69) is 12.2 Å². The number of urea groups is 1. The third kappa shape index (κ3) is 3.78. The molecule has 0 unspecified atom stereocenters. The van der Waals surface area contributed by atoms with Gasteiger partial charge in [0, 0.05) is 26.2 Å². The number of imide groups is 1. The Labute approximate surface area is 172 Å². The number of hydrogen-bond donors (Lipinski definition) is 1. The van der Waals surface area contributed by atoms with Gasteiger partial charge in [0.15, 0.2) is 0 Å². The first kappa shape index (κ1) is 20.3. The topological polar surface area (TPSA) is 90.0 Å². The third-order valence-electron chi connectivity index (χ3n) is 6.40. The highest BCUT2D eigenvalue weighted by atomic mass is 32.2. The summed E-state index contributed by atoms with van der Waals surface area (Å²) < 4.78 is 29.0. The molecule has 3 saturated heterocycles. The summed E-state index contributed by atoms with van der Waals surface area (Å²) in [6.45, 7) is 3.93. The normalized spacial score (nSPS) is 24.2. The van der Waals surface area contributed by atoms with Crippen LogP contribution >= 0.6 is 0 Å². The van der Waals surface area contributed by atoms with Crippen molar-refractivity contribution in [3.05, 3.63) is 35.9 Å². The summed E-state index contributed by atoms with van der Waals surface area (Å²) in [7, 11) is -3.52. The van der Waals surface area contributed by atoms with Crippen LogP contribution in [0.5, 0.6) is 0 Å². The fourth-order valence-corrected chi connectivity index (χ4v) is 6.05. The van der Waals surface area contributed by atoms with Crippen LogP contribution in [0.15, 0.2) is 30.3 Å². The molecule has 158 valence electrons. The van der Waals surface area contributed by atoms with Crippen LogP contribution in [0.25, 0.3) is 0 Å². The van der Waals surface area contributed by atoms with E-state index in [1.54, 1.807) is 4.31 Å². The van der Waals surface area contributed by atoms with E-state index in [1.807, 2.05) is 30.3 Å². The Morgan fingerprint density at radius 3 is 2.21 bits per heavy atom. The zero-order chi connectivity index (χ0) is 20.6. The number of nitrogens with zero attached hydrogens (tertiary/aromatic N) is 3. The second kappa shape index (κ2) is 7.70. The van der Waals surface area contributed by atoms with E-state index >= 15 is 0 Å². The highest BCUT2D eigenvalue weighted by molar-refractivity contribution is 7.86. The van der Waals surface area contributed by atoms with Crippen LogP contribution in [0.1, 0.15) is 38.2 Å². The molecule has 0 bridgehead atoms. The van der Waals surface area contributed by atoms with Gasteiger partial charge in [-0.2, -0.15) is 17.0 Å². The molecule has 9 heteroatoms. The molecule has 1 aromatic carbocycles. The van der Waals surface area contributed by atoms with Gasteiger partial charge in [0.25, 0.3) is 16.1 Å². The minimum Gasteiger partial charge on any atom is -0.323 e. The van der Waals surface area contributed by atoms with Gasteiger partial charge in [-0.1, -0.05) is 37.3 Å². The van der Waals surface area contributed by atoms with Crippen molar-refractivity contribution in [1.82, 2.24) is 18.8 Å². The summed E-state index contributed by atoms with van der Waals surface area (Å²) in [6, 6.07) is 8.97. The van der Waals surface area contributed by atoms with Gasteiger partial charge < -0.3 is 5.32 Å². The predicted molar refractivity (Wildman–Crippen MR) is 108 cm³/mol. The van der Waals surface area contributed by atoms with Crippen LogP contribution in [0.4, 0.5) is 4.79 Å². The van der Waals surface area contributed by atoms with Crippen molar-refractivity contribution < 1.29 is 18.0 Å². The van der Waals surface area contributed by atoms with Gasteiger partial charge in [-0.15, -0.1) is 0 Å². The maximum absolute atomic E-state index is 13.1. The number of carbonyl (C=O) groups excluding carboxylic acids is 2. The van der Waals surface area contributed by atoms with Gasteiger partial charge in [0.1, 0.15) is 5.54 Å². The molecule has 0 aliphatic carbocycles. The van der Waals surface area contributed by atoms with Crippen LogP contribution < -0.4 is 5.32 Å². The molecule has 1 aromatic rings. The van der Waals surface area contributed by atoms with Gasteiger partial charge in [-0.25, -0.2) is 4.79 Å². The molecule has 3 aliphatic rings. The lowest BCUT2D eigenvalue weighted by Crippen LogP contribution is -2.58. The Bertz CT molecular complexity index is 873. The highest BCUT2D eigenvalue weighted by Crippen LogP contribution is 2.32. The Kier molecular flexibility index (Phi) is 5.39. The van der Waals surface area contributed by atoms with Crippen LogP contribution in [0, 0.1) is 5.92 Å². The summed E-state index contributed by atoms with van der Waals surface area (Å²) in [4.78, 5) is 26.8. The summed E-state index contributed by atoms with van der Waals surface area (Å²) in [5, 5.41) is 2.85. The Morgan fingerprint density at radius 2 is 1.59 bits per heavy atom. The summed E-state index contributed by atoms with van der Waals surface area (Å²) in [5.41, 5.74) is -0.110. The lowest BCUT2D eigenvalue weighted by atomic mass is 9.88. The molecule has 1 N–H and O–H groups in total. The Hall–Kier alpha value is -1.97. The summed E-state index contributed by atoms with van der Waals surface area (Å²) in [5.74, 6) is 0.295. The quantitative estimate of drug-likeness (QED) is 0.749. The number of piperidine rings is 2. The molecular weight excluding hydrogens is 392 g/mol. The predicted octanol–water partition coefficient (Wildman–Crippen LogP) is 1.55. The second-order valence-electron chi connectivity index (χ2n) is 8.38. The standard InChI is InChI=1S/C20H28N4O4S/c1-16-7-11-22(12-8-16)29(27,28)23-13-9-20(10-14-23)18(25)24(19(26)21-20)15-17-5-3-2-4-6-17/h2-6,16H,7-15H2,1H3,(H,21,26). The molecule has 3 amide bonds. The minimum atomic E-state index is -3.52. The maximum atomic E-state index is 13.1. The molecule has 4 rings (SSSR count). The number of benzene rings is 1. The van der Waals surface area contributed by atoms with Crippen molar-refractivity contribution in [1.29, 1.82) is 0 Å². The Morgan fingerprint density at radius 1 is 1.00 bits per heavy atom. The molecule has 3 heterocycles. The van der Waals surface area contributed by atoms with Crippen molar-refractivity contribution >= 4 is 22.1 Å². The van der Waals surface area contributed by atoms with Gasteiger partial charge in [-0.3, -0.25) is 9.69 Å². The number of amides is 3. The molecule has 0 aromatic heterocycles. The number of hydrogen-bond acceptors (Lipinski definition) is 4. The van der Waals surface area contributed by atoms with Crippen LogP contribution in [-0.2, 0) is 21.5 Å². The summed E-state index contributed by atoms with van der Waals surface area (Å²) >= 11 is 0. The van der Waals surface area contributed by atoms with Gasteiger partial charge in [0.2, 0.25) is 0 Å². The molecule has 0 atom stereocenters. The minimum absolute atomic E-state index is 0.223. The van der Waals surface area contributed by atoms with E-state index in [0.29, 0.717) is 31.8 Å². The van der Waals surface area contributed by atoms with Crippen molar-refractivity contribution in [3.63, 3.8) is 0 Å². The second-order valence-corrected chi connectivity index (χ2v) is 10.3. The van der Waals surface area contributed by atoms with E-state index in [4.69, 9.17) is 0 Å². The third-order valence-corrected chi connectivity index (χ3v) is 8.44. The lowest BCUT2D eigenvalue weighted by molar-refractivity contribution is -0.133. The first-order chi connectivity index (χ1) is 13.8. The molecule has 8 nitrogen and oxygen atoms in total. The van der Waals surface area contributed by atoms with Crippen LogP contribution in [0.3, 0.4) is 0 Å². The first-order valence-corrected chi connectivity index (χ1v) is 11.6. The Balaban J connectivity index is 1.42. The van der Waals surface area contributed by atoms with Crippen LogP contribution in [-0.4, -0.2) is 65.6 Å². The largest absolute Gasteiger partial charge is 0.325 e. The van der Waals surface area contributed by atoms with Crippen molar-refractivity contribution in [2.45, 2.75) is 44.7 Å². The highest BCUT2D eigenvalue weighted by Gasteiger charge is 2.53. The average molecular weight is 421 g/mol. The van der Waals surface area contributed by atoms with Gasteiger partial charge in [0.05, 0.1) is 6.54 Å². The smallest absolute Gasteiger partial charge is 0.323 e. The number of rotatable bonds is 4. The van der Waals surface area contributed by atoms with Crippen molar-refractivity contribution in [3.8, 4) is 0 Å². The van der Waals surface area contributed by atoms with Crippen LogP contribution in [0.2, 0.25) is 0 Å². The SMILES string of the molecule is CC1CCN(S(=O)(=O)N2CCC3(CC2)NC(=O)N(Cc2ccccc2)C3=O)CC1. The summed E-state index contributed by atoms with van der Waals surface area (Å²) in [6.07, 6.45) is 2.35. The molecule has 0 saturated carbocycles. The lowest BCUT2D eigenvalue weighted by Gasteiger charge is -2.40. The van der Waals surface area contributed by atoms with E-state index in [1.165, 1.54) is 9.21 Å². The molecule has 0 radical (unpaired) electrons. The van der Waals surface area contributed by atoms with Gasteiger partial charge in [-0.05, 0) is 37.2 Å². The van der Waals surface area contributed by atoms with Crippen molar-refractivity contribution in [2.75, 3.05) is 26.2 Å². The maximum Gasteiger partial charge on any atom is 0.325 e. The zero-order valence-electron chi connectivity index (χ0n) is 16.7. The monoisotopic (exact) mass is 420 g/mol. The fraction of sp³-hybridized carbons (Fsp3) is 0.600. The molecular formula is C20H28N4O4S. The zero-order valence-corrected chi connectivity index (χ0v) is 17.5. The van der Waals surface area contributed by atoms with E-state index in [0.717, 1.165) is 18.4 Å². The molecule has 29 heavy (non-hydrogen) atoms. The molecule has 1 spiro atoms. The van der Waals surface area contributed by atoms with E-state index < -0.39 is 21.8 Å². The van der Waals surface area contributed by atoms with Gasteiger partial charge >= 0.3 is 6.03 Å². The number of carbonyl (C=O) groups is 2. The fourth-order valence-electron chi connectivity index (χ4n) is 4.40. The number of nitrogens with one attached hydrogen (secondary N) is 1. The van der Waals surface area contributed by atoms with E-state index in [9.17, 15) is 18.0 Å². The van der Waals surface area contributed by atoms with E-state index in [-0.39, 0.29) is 25.5 Å². The average Bonchev–Trinajstić information content (AvgIpc) is 2.93. The van der Waals surface area contributed by atoms with Crippen molar-refractivity contribution in [2.24, 2.45) is 5.92 Å². The molecule has 3 fully saturated rings. The molecule has 3 aliphatic heterocycles.